The fourth-order valence-electron chi connectivity index (χ4n) is 3.51. The van der Waals surface area contributed by atoms with Gasteiger partial charge in [-0.15, -0.1) is 0 Å². The van der Waals surface area contributed by atoms with Crippen molar-refractivity contribution in [2.24, 2.45) is 12.0 Å². The number of aromatic amines is 1. The number of benzene rings is 2. The fraction of sp³-hybridized carbons (Fsp3) is 0.174. The molecule has 31 heavy (non-hydrogen) atoms. The molecule has 2 heterocycles. The average Bonchev–Trinajstić information content (AvgIpc) is 2.99. The highest BCUT2D eigenvalue weighted by Crippen LogP contribution is 2.20. The predicted molar refractivity (Wildman–Crippen MR) is 122 cm³/mol. The van der Waals surface area contributed by atoms with Crippen LogP contribution in [0.2, 0.25) is 5.02 Å². The molecule has 2 aromatic heterocycles. The Morgan fingerprint density at radius 2 is 1.71 bits per heavy atom. The SMILES string of the molecule is CCn1[nH]c(=O)c(=Nc2c(C)n(C)n(-c3ccccc3)c2=O)cc1-c1ccc(Cl)cc1. The minimum absolute atomic E-state index is 0.167. The van der Waals surface area contributed by atoms with Gasteiger partial charge in [0.1, 0.15) is 5.36 Å². The first-order chi connectivity index (χ1) is 14.9. The zero-order chi connectivity index (χ0) is 22.1. The molecule has 8 heteroatoms. The normalized spacial score (nSPS) is 11.8. The van der Waals surface area contributed by atoms with Crippen molar-refractivity contribution in [3.63, 3.8) is 0 Å². The van der Waals surface area contributed by atoms with E-state index in [-0.39, 0.29) is 22.2 Å². The highest BCUT2D eigenvalue weighted by molar-refractivity contribution is 6.30. The number of aryl methyl sites for hydroxylation is 1. The third-order valence-electron chi connectivity index (χ3n) is 5.25. The van der Waals surface area contributed by atoms with Crippen molar-refractivity contribution in [1.29, 1.82) is 0 Å². The summed E-state index contributed by atoms with van der Waals surface area (Å²) in [5, 5.41) is 3.63. The summed E-state index contributed by atoms with van der Waals surface area (Å²) in [6.07, 6.45) is 0. The molecule has 7 nitrogen and oxygen atoms in total. The summed E-state index contributed by atoms with van der Waals surface area (Å²) in [4.78, 5) is 30.4. The molecular formula is C23H22ClN5O2. The van der Waals surface area contributed by atoms with Gasteiger partial charge in [-0.2, -0.15) is 0 Å². The van der Waals surface area contributed by atoms with E-state index in [1.807, 2.05) is 56.3 Å². The van der Waals surface area contributed by atoms with Gasteiger partial charge in [0, 0.05) is 18.6 Å². The molecule has 158 valence electrons. The van der Waals surface area contributed by atoms with Gasteiger partial charge in [0.2, 0.25) is 0 Å². The lowest BCUT2D eigenvalue weighted by atomic mass is 10.1. The maximum atomic E-state index is 13.2. The minimum atomic E-state index is -0.367. The van der Waals surface area contributed by atoms with Gasteiger partial charge < -0.3 is 0 Å². The van der Waals surface area contributed by atoms with Crippen molar-refractivity contribution >= 4 is 17.3 Å². The Bertz CT molecular complexity index is 1420. The molecule has 0 saturated heterocycles. The van der Waals surface area contributed by atoms with Gasteiger partial charge in [0.05, 0.1) is 17.1 Å². The Kier molecular flexibility index (Phi) is 5.52. The molecule has 0 radical (unpaired) electrons. The van der Waals surface area contributed by atoms with Crippen LogP contribution in [0.4, 0.5) is 5.69 Å². The van der Waals surface area contributed by atoms with Crippen molar-refractivity contribution < 1.29 is 0 Å². The van der Waals surface area contributed by atoms with Crippen molar-refractivity contribution in [3.05, 3.63) is 97.4 Å². The summed E-state index contributed by atoms with van der Waals surface area (Å²) >= 11 is 6.02. The summed E-state index contributed by atoms with van der Waals surface area (Å²) < 4.78 is 5.02. The maximum Gasteiger partial charge on any atom is 0.297 e. The molecule has 0 aliphatic rings. The lowest BCUT2D eigenvalue weighted by Crippen LogP contribution is -2.32. The highest BCUT2D eigenvalue weighted by Gasteiger charge is 2.16. The molecule has 0 atom stereocenters. The molecular weight excluding hydrogens is 414 g/mol. The molecule has 0 bridgehead atoms. The van der Waals surface area contributed by atoms with Crippen LogP contribution in [0.5, 0.6) is 0 Å². The van der Waals surface area contributed by atoms with Crippen molar-refractivity contribution in [3.8, 4) is 16.9 Å². The molecule has 0 spiro atoms. The molecule has 0 unspecified atom stereocenters. The summed E-state index contributed by atoms with van der Waals surface area (Å²) in [6, 6.07) is 18.4. The lowest BCUT2D eigenvalue weighted by Gasteiger charge is -2.11. The average molecular weight is 436 g/mol. The van der Waals surface area contributed by atoms with Crippen LogP contribution in [0.1, 0.15) is 12.6 Å². The van der Waals surface area contributed by atoms with Crippen molar-refractivity contribution in [1.82, 2.24) is 19.1 Å². The molecule has 0 aliphatic heterocycles. The Morgan fingerprint density at radius 1 is 1.03 bits per heavy atom. The Hall–Kier alpha value is -3.58. The summed E-state index contributed by atoms with van der Waals surface area (Å²) in [5.41, 5.74) is 2.62. The van der Waals surface area contributed by atoms with Crippen LogP contribution in [0.15, 0.2) is 75.2 Å². The molecule has 0 amide bonds. The Balaban J connectivity index is 1.94. The first-order valence-electron chi connectivity index (χ1n) is 9.89. The first kappa shape index (κ1) is 20.7. The van der Waals surface area contributed by atoms with E-state index in [1.54, 1.807) is 34.6 Å². The van der Waals surface area contributed by atoms with E-state index in [0.717, 1.165) is 16.9 Å². The number of rotatable bonds is 4. The van der Waals surface area contributed by atoms with Gasteiger partial charge in [-0.25, -0.2) is 9.67 Å². The Morgan fingerprint density at radius 3 is 2.35 bits per heavy atom. The summed E-state index contributed by atoms with van der Waals surface area (Å²) in [7, 11) is 1.79. The quantitative estimate of drug-likeness (QED) is 0.532. The Labute approximate surface area is 183 Å². The second-order valence-electron chi connectivity index (χ2n) is 7.13. The van der Waals surface area contributed by atoms with E-state index in [1.165, 1.54) is 4.68 Å². The zero-order valence-electron chi connectivity index (χ0n) is 17.5. The van der Waals surface area contributed by atoms with Crippen LogP contribution in [0.25, 0.3) is 16.9 Å². The predicted octanol–water partition coefficient (Wildman–Crippen LogP) is 3.55. The van der Waals surface area contributed by atoms with Crippen LogP contribution in [0.3, 0.4) is 0 Å². The number of nitrogens with zero attached hydrogens (tertiary/aromatic N) is 4. The number of aromatic nitrogens is 4. The van der Waals surface area contributed by atoms with Crippen LogP contribution >= 0.6 is 11.6 Å². The van der Waals surface area contributed by atoms with Crippen molar-refractivity contribution in [2.75, 3.05) is 0 Å². The molecule has 4 aromatic rings. The van der Waals surface area contributed by atoms with Crippen LogP contribution in [0, 0.1) is 6.92 Å². The second kappa shape index (κ2) is 8.28. The van der Waals surface area contributed by atoms with E-state index in [4.69, 9.17) is 11.6 Å². The summed E-state index contributed by atoms with van der Waals surface area (Å²) in [6.45, 7) is 4.31. The van der Waals surface area contributed by atoms with Gasteiger partial charge in [0.25, 0.3) is 11.1 Å². The standard InChI is InChI=1S/C23H22ClN5O2/c1-4-28-20(16-10-12-17(24)13-11-16)14-19(22(30)26-28)25-21-15(2)27(3)29(23(21)31)18-8-6-5-7-9-18/h5-14H,4H2,1-3H3,(H,26,30). The molecule has 4 rings (SSSR count). The van der Waals surface area contributed by atoms with Gasteiger partial charge in [-0.05, 0) is 49.7 Å². The number of hydrogen-bond acceptors (Lipinski definition) is 3. The highest BCUT2D eigenvalue weighted by atomic mass is 35.5. The third kappa shape index (κ3) is 3.80. The van der Waals surface area contributed by atoms with Crippen LogP contribution < -0.4 is 16.5 Å². The zero-order valence-corrected chi connectivity index (χ0v) is 18.2. The van der Waals surface area contributed by atoms with Crippen LogP contribution in [-0.4, -0.2) is 19.1 Å². The maximum absolute atomic E-state index is 13.2. The number of para-hydroxylation sites is 1. The molecule has 2 aromatic carbocycles. The molecule has 1 N–H and O–H groups in total. The largest absolute Gasteiger partial charge is 0.297 e. The van der Waals surface area contributed by atoms with Crippen molar-refractivity contribution in [2.45, 2.75) is 20.4 Å². The lowest BCUT2D eigenvalue weighted by molar-refractivity contribution is 0.630. The minimum Gasteiger partial charge on any atom is -0.285 e. The number of H-pyrrole nitrogens is 1. The smallest absolute Gasteiger partial charge is 0.285 e. The second-order valence-corrected chi connectivity index (χ2v) is 7.57. The van der Waals surface area contributed by atoms with E-state index >= 15 is 0 Å². The number of halogens is 1. The van der Waals surface area contributed by atoms with E-state index < -0.39 is 0 Å². The first-order valence-corrected chi connectivity index (χ1v) is 10.3. The van der Waals surface area contributed by atoms with Crippen LogP contribution in [-0.2, 0) is 13.6 Å². The molecule has 0 saturated carbocycles. The summed E-state index contributed by atoms with van der Waals surface area (Å²) in [5.74, 6) is 0. The molecule has 0 aliphatic carbocycles. The number of nitrogens with one attached hydrogen (secondary N) is 1. The fourth-order valence-corrected chi connectivity index (χ4v) is 3.63. The van der Waals surface area contributed by atoms with E-state index in [2.05, 4.69) is 10.1 Å². The van der Waals surface area contributed by atoms with E-state index in [0.29, 0.717) is 17.3 Å². The van der Waals surface area contributed by atoms with Gasteiger partial charge in [-0.3, -0.25) is 24.1 Å². The van der Waals surface area contributed by atoms with Gasteiger partial charge in [-0.1, -0.05) is 41.9 Å². The number of hydrogen-bond donors (Lipinski definition) is 1. The molecule has 0 fully saturated rings. The monoisotopic (exact) mass is 435 g/mol. The van der Waals surface area contributed by atoms with Gasteiger partial charge in [0.15, 0.2) is 5.69 Å². The topological polar surface area (TPSA) is 77.1 Å². The van der Waals surface area contributed by atoms with Gasteiger partial charge >= 0.3 is 0 Å². The third-order valence-corrected chi connectivity index (χ3v) is 5.50. The van der Waals surface area contributed by atoms with E-state index in [9.17, 15) is 9.59 Å².